The summed E-state index contributed by atoms with van der Waals surface area (Å²) >= 11 is 0. The van der Waals surface area contributed by atoms with Gasteiger partial charge in [0.1, 0.15) is 11.5 Å². The van der Waals surface area contributed by atoms with Crippen LogP contribution in [0.15, 0.2) is 48.8 Å². The molecule has 0 saturated heterocycles. The second kappa shape index (κ2) is 12.2. The van der Waals surface area contributed by atoms with Crippen molar-refractivity contribution in [2.24, 2.45) is 0 Å². The summed E-state index contributed by atoms with van der Waals surface area (Å²) in [6, 6.07) is 11.2. The number of hydrogen-bond donors (Lipinski definition) is 0. The Hall–Kier alpha value is -4.02. The summed E-state index contributed by atoms with van der Waals surface area (Å²) in [5, 5.41) is 1.87. The number of fused-ring (bicyclic) bond motifs is 2. The maximum atomic E-state index is 13.0. The first kappa shape index (κ1) is 28.0. The van der Waals surface area contributed by atoms with Gasteiger partial charge in [-0.2, -0.15) is 0 Å². The van der Waals surface area contributed by atoms with E-state index in [1.165, 1.54) is 9.13 Å². The summed E-state index contributed by atoms with van der Waals surface area (Å²) in [7, 11) is 11.2. The van der Waals surface area contributed by atoms with Crippen LogP contribution in [0, 0.1) is 0 Å². The Bertz CT molecular complexity index is 1360. The van der Waals surface area contributed by atoms with Crippen LogP contribution in [0.3, 0.4) is 0 Å². The Morgan fingerprint density at radius 1 is 0.692 bits per heavy atom. The molecule has 2 aromatic carbocycles. The van der Waals surface area contributed by atoms with Crippen molar-refractivity contribution in [3.63, 3.8) is 0 Å². The van der Waals surface area contributed by atoms with Crippen molar-refractivity contribution in [3.8, 4) is 11.5 Å². The quantitative estimate of drug-likeness (QED) is 0.275. The van der Waals surface area contributed by atoms with Crippen LogP contribution in [0.4, 0.5) is 9.59 Å². The van der Waals surface area contributed by atoms with Gasteiger partial charge in [0.25, 0.3) is 0 Å². The van der Waals surface area contributed by atoms with E-state index in [-0.39, 0.29) is 0 Å². The minimum Gasteiger partial charge on any atom is -0.497 e. The molecular weight excluding hydrogens is 500 g/mol. The van der Waals surface area contributed by atoms with Gasteiger partial charge in [-0.05, 0) is 76.4 Å². The van der Waals surface area contributed by atoms with E-state index in [1.54, 1.807) is 38.7 Å². The maximum Gasteiger partial charge on any atom is 0.421 e. The van der Waals surface area contributed by atoms with Gasteiger partial charge < -0.3 is 28.7 Å². The van der Waals surface area contributed by atoms with Gasteiger partial charge in [0.05, 0.1) is 25.3 Å². The molecule has 39 heavy (non-hydrogen) atoms. The molecule has 0 aliphatic rings. The number of nitrogens with zero attached hydrogens (tertiary/aromatic N) is 4. The second-order valence-corrected chi connectivity index (χ2v) is 9.86. The summed E-state index contributed by atoms with van der Waals surface area (Å²) in [6.07, 6.45) is 3.74. The molecule has 0 bridgehead atoms. The average molecular weight is 537 g/mol. The fourth-order valence-electron chi connectivity index (χ4n) is 4.47. The van der Waals surface area contributed by atoms with Gasteiger partial charge in [-0.15, -0.1) is 0 Å². The number of benzene rings is 2. The summed E-state index contributed by atoms with van der Waals surface area (Å²) < 4.78 is 24.3. The Labute approximate surface area is 228 Å². The van der Waals surface area contributed by atoms with Crippen LogP contribution < -0.4 is 9.47 Å². The number of carbonyl (C=O) groups excluding carboxylic acids is 2. The Kier molecular flexibility index (Phi) is 8.78. The molecule has 0 fully saturated rings. The molecule has 208 valence electrons. The van der Waals surface area contributed by atoms with Crippen LogP contribution in [0.5, 0.6) is 11.5 Å². The molecule has 0 aliphatic carbocycles. The normalized spacial score (nSPS) is 11.5. The first-order valence-corrected chi connectivity index (χ1v) is 12.7. The smallest absolute Gasteiger partial charge is 0.421 e. The van der Waals surface area contributed by atoms with Crippen molar-refractivity contribution in [1.29, 1.82) is 0 Å². The van der Waals surface area contributed by atoms with Gasteiger partial charge in [0.15, 0.2) is 0 Å². The van der Waals surface area contributed by atoms with E-state index in [0.717, 1.165) is 47.8 Å². The molecule has 4 rings (SSSR count). The summed E-state index contributed by atoms with van der Waals surface area (Å²) in [6.45, 7) is 1.11. The van der Waals surface area contributed by atoms with Crippen molar-refractivity contribution in [2.75, 3.05) is 62.3 Å². The van der Waals surface area contributed by atoms with E-state index in [2.05, 4.69) is 9.80 Å². The third-order valence-electron chi connectivity index (χ3n) is 6.61. The molecular formula is C29H36N4O6. The lowest BCUT2D eigenvalue weighted by Crippen LogP contribution is -2.19. The summed E-state index contributed by atoms with van der Waals surface area (Å²) in [5.41, 5.74) is 3.34. The lowest BCUT2D eigenvalue weighted by atomic mass is 10.1. The molecule has 0 amide bonds. The standard InChI is InChI=1S/C29H36N4O6/c1-30(2)13-11-20-17-32(26-15-22(36-5)7-9-24(20)26)28(34)38-19-39-29(35)33-18-21(12-14-31(3)4)25-10-8-23(37-6)16-27(25)33/h7-10,15-18H,11-14,19H2,1-6H3. The molecule has 0 unspecified atom stereocenters. The van der Waals surface area contributed by atoms with Crippen LogP contribution in [0.2, 0.25) is 0 Å². The first-order chi connectivity index (χ1) is 18.7. The third kappa shape index (κ3) is 6.35. The molecule has 0 saturated carbocycles. The monoisotopic (exact) mass is 536 g/mol. The first-order valence-electron chi connectivity index (χ1n) is 12.7. The van der Waals surface area contributed by atoms with Crippen molar-refractivity contribution in [2.45, 2.75) is 12.8 Å². The molecule has 2 heterocycles. The minimum absolute atomic E-state index is 0.537. The number of likely N-dealkylation sites (N-methyl/N-ethyl adjacent to an activating group) is 2. The van der Waals surface area contributed by atoms with E-state index in [9.17, 15) is 9.59 Å². The zero-order valence-electron chi connectivity index (χ0n) is 23.4. The van der Waals surface area contributed by atoms with Crippen LogP contribution in [0.25, 0.3) is 21.8 Å². The molecule has 10 heteroatoms. The highest BCUT2D eigenvalue weighted by Crippen LogP contribution is 2.28. The largest absolute Gasteiger partial charge is 0.497 e. The van der Waals surface area contributed by atoms with Gasteiger partial charge >= 0.3 is 12.2 Å². The molecule has 0 radical (unpaired) electrons. The van der Waals surface area contributed by atoms with Gasteiger partial charge in [-0.3, -0.25) is 9.13 Å². The van der Waals surface area contributed by atoms with E-state index >= 15 is 0 Å². The predicted octanol–water partition coefficient (Wildman–Crippen LogP) is 4.45. The topological polar surface area (TPSA) is 87.4 Å². The molecule has 0 aliphatic heterocycles. The number of hydrogen-bond acceptors (Lipinski definition) is 8. The van der Waals surface area contributed by atoms with Gasteiger partial charge in [0, 0.05) is 48.4 Å². The van der Waals surface area contributed by atoms with Crippen molar-refractivity contribution in [3.05, 3.63) is 59.9 Å². The average Bonchev–Trinajstić information content (AvgIpc) is 3.48. The van der Waals surface area contributed by atoms with E-state index < -0.39 is 19.0 Å². The molecule has 0 N–H and O–H groups in total. The fourth-order valence-corrected chi connectivity index (χ4v) is 4.47. The summed E-state index contributed by atoms with van der Waals surface area (Å²) in [5.74, 6) is 1.25. The van der Waals surface area contributed by atoms with Gasteiger partial charge in [-0.1, -0.05) is 0 Å². The molecule has 2 aromatic heterocycles. The maximum absolute atomic E-state index is 13.0. The molecule has 0 atom stereocenters. The highest BCUT2D eigenvalue weighted by atomic mass is 16.7. The fraction of sp³-hybridized carbons (Fsp3) is 0.379. The molecule has 4 aromatic rings. The van der Waals surface area contributed by atoms with Gasteiger partial charge in [-0.25, -0.2) is 9.59 Å². The number of rotatable bonds is 10. The number of aromatic nitrogens is 2. The number of ether oxygens (including phenoxy) is 4. The van der Waals surface area contributed by atoms with Crippen molar-refractivity contribution < 1.29 is 28.5 Å². The van der Waals surface area contributed by atoms with E-state index in [1.807, 2.05) is 52.5 Å². The molecule has 0 spiro atoms. The van der Waals surface area contributed by atoms with Crippen LogP contribution in [-0.2, 0) is 22.3 Å². The Morgan fingerprint density at radius 2 is 1.10 bits per heavy atom. The Morgan fingerprint density at radius 3 is 1.46 bits per heavy atom. The predicted molar refractivity (Wildman–Crippen MR) is 150 cm³/mol. The second-order valence-electron chi connectivity index (χ2n) is 9.86. The number of carbonyl (C=O) groups is 2. The lowest BCUT2D eigenvalue weighted by Gasteiger charge is -2.09. The summed E-state index contributed by atoms with van der Waals surface area (Å²) in [4.78, 5) is 30.3. The van der Waals surface area contributed by atoms with Crippen molar-refractivity contribution in [1.82, 2.24) is 18.9 Å². The van der Waals surface area contributed by atoms with E-state index in [4.69, 9.17) is 18.9 Å². The van der Waals surface area contributed by atoms with Gasteiger partial charge in [0.2, 0.25) is 6.79 Å². The van der Waals surface area contributed by atoms with E-state index in [0.29, 0.717) is 22.5 Å². The zero-order chi connectivity index (χ0) is 28.1. The Balaban J connectivity index is 1.51. The SMILES string of the molecule is COc1ccc2c(CCN(C)C)cn(C(=O)OCOC(=O)n3cc(CCN(C)C)c4ccc(OC)cc43)c2c1. The van der Waals surface area contributed by atoms with Crippen LogP contribution >= 0.6 is 0 Å². The van der Waals surface area contributed by atoms with Crippen LogP contribution in [-0.4, -0.2) is 93.4 Å². The number of methoxy groups -OCH3 is 2. The van der Waals surface area contributed by atoms with Crippen molar-refractivity contribution >= 4 is 34.0 Å². The zero-order valence-corrected chi connectivity index (χ0v) is 23.4. The minimum atomic E-state index is -0.650. The third-order valence-corrected chi connectivity index (χ3v) is 6.61. The molecule has 10 nitrogen and oxygen atoms in total. The highest BCUT2D eigenvalue weighted by molar-refractivity contribution is 5.94. The lowest BCUT2D eigenvalue weighted by molar-refractivity contribution is 0.0263. The van der Waals surface area contributed by atoms with Crippen LogP contribution in [0.1, 0.15) is 11.1 Å². The highest BCUT2D eigenvalue weighted by Gasteiger charge is 2.19.